The molecule has 47 heavy (non-hydrogen) atoms. The first-order valence-electron chi connectivity index (χ1n) is 14.0. The molecule has 0 atom stereocenters. The van der Waals surface area contributed by atoms with Crippen LogP contribution in [0.1, 0.15) is 33.5 Å². The van der Waals surface area contributed by atoms with Crippen molar-refractivity contribution >= 4 is 46.3 Å². The third-order valence-corrected chi connectivity index (χ3v) is 8.16. The van der Waals surface area contributed by atoms with Crippen LogP contribution in [0.25, 0.3) is 17.2 Å². The number of amides is 1. The molecule has 1 amide bonds. The zero-order chi connectivity index (χ0) is 34.5. The fraction of sp³-hybridized carbons (Fsp3) is 0.281. The lowest BCUT2D eigenvalue weighted by Crippen LogP contribution is -2.29. The molecule has 250 valence electrons. The van der Waals surface area contributed by atoms with Crippen LogP contribution in [0.3, 0.4) is 0 Å². The number of benzene rings is 3. The number of carboxylic acid groups (broad SMARTS) is 1. The molecule has 1 aliphatic rings. The second-order valence-corrected chi connectivity index (χ2v) is 12.2. The number of nitrogens with zero attached hydrogens (tertiary/aromatic N) is 2. The first kappa shape index (κ1) is 35.8. The standard InChI is InChI=1S/C32H28F6N2O5S2/c1-39(2)11-13-45-26-9-6-20(21-15-23(31(33,34)35)18-24(16-21)32(36,37)38)14-22(26)17-27-28(41)40(30(46)47-27)10-3-12-44-25-7-4-19(5-8-25)29(42)43/h4-9,14-18H,3,10-13H2,1-2H3,(H,42,43)/b27-17-. The lowest BCUT2D eigenvalue weighted by atomic mass is 9.97. The van der Waals surface area contributed by atoms with Gasteiger partial charge in [-0.15, -0.1) is 0 Å². The normalized spacial score (nSPS) is 14.7. The number of thiocarbonyl (C=S) groups is 1. The predicted molar refractivity (Wildman–Crippen MR) is 169 cm³/mol. The van der Waals surface area contributed by atoms with Gasteiger partial charge in [-0.1, -0.05) is 30.0 Å². The number of hydrogen-bond acceptors (Lipinski definition) is 7. The minimum Gasteiger partial charge on any atom is -0.494 e. The van der Waals surface area contributed by atoms with Crippen LogP contribution < -0.4 is 9.47 Å². The average molecular weight is 699 g/mol. The minimum absolute atomic E-state index is 0.0526. The molecular formula is C32H28F6N2O5S2. The van der Waals surface area contributed by atoms with E-state index < -0.39 is 35.4 Å². The highest BCUT2D eigenvalue weighted by Crippen LogP contribution is 2.40. The van der Waals surface area contributed by atoms with Crippen LogP contribution >= 0.6 is 24.0 Å². The van der Waals surface area contributed by atoms with E-state index >= 15 is 0 Å². The molecule has 0 bridgehead atoms. The molecule has 1 heterocycles. The van der Waals surface area contributed by atoms with Crippen LogP contribution in [-0.2, 0) is 17.1 Å². The molecule has 0 unspecified atom stereocenters. The highest BCUT2D eigenvalue weighted by Gasteiger charge is 2.37. The van der Waals surface area contributed by atoms with Gasteiger partial charge >= 0.3 is 18.3 Å². The van der Waals surface area contributed by atoms with Crippen molar-refractivity contribution in [3.05, 3.63) is 87.8 Å². The van der Waals surface area contributed by atoms with Gasteiger partial charge in [0.1, 0.15) is 22.4 Å². The Bertz CT molecular complexity index is 1640. The third kappa shape index (κ3) is 9.49. The summed E-state index contributed by atoms with van der Waals surface area (Å²) in [5.41, 5.74) is -2.78. The molecule has 1 fully saturated rings. The summed E-state index contributed by atoms with van der Waals surface area (Å²) in [5.74, 6) is -0.783. The lowest BCUT2D eigenvalue weighted by molar-refractivity contribution is -0.143. The number of thioether (sulfide) groups is 1. The van der Waals surface area contributed by atoms with Crippen LogP contribution in [0.5, 0.6) is 11.5 Å². The lowest BCUT2D eigenvalue weighted by Gasteiger charge is -2.16. The van der Waals surface area contributed by atoms with Gasteiger partial charge in [-0.25, -0.2) is 4.79 Å². The van der Waals surface area contributed by atoms with Crippen molar-refractivity contribution < 1.29 is 50.5 Å². The molecule has 1 N–H and O–H groups in total. The monoisotopic (exact) mass is 698 g/mol. The van der Waals surface area contributed by atoms with E-state index in [1.807, 2.05) is 19.0 Å². The van der Waals surface area contributed by atoms with Crippen LogP contribution in [-0.4, -0.2) is 71.5 Å². The number of alkyl halides is 6. The first-order valence-corrected chi connectivity index (χ1v) is 15.2. The molecule has 4 rings (SSSR count). The van der Waals surface area contributed by atoms with Gasteiger partial charge < -0.3 is 19.5 Å². The first-order chi connectivity index (χ1) is 22.0. The van der Waals surface area contributed by atoms with Gasteiger partial charge in [0.15, 0.2) is 0 Å². The molecule has 0 aromatic heterocycles. The molecule has 0 aliphatic carbocycles. The summed E-state index contributed by atoms with van der Waals surface area (Å²) < 4.78 is 93.0. The highest BCUT2D eigenvalue weighted by atomic mass is 32.2. The highest BCUT2D eigenvalue weighted by molar-refractivity contribution is 8.26. The van der Waals surface area contributed by atoms with Gasteiger partial charge in [0.25, 0.3) is 5.91 Å². The Labute approximate surface area is 275 Å². The van der Waals surface area contributed by atoms with Crippen molar-refractivity contribution in [2.75, 3.05) is 40.4 Å². The molecule has 1 aliphatic heterocycles. The number of halogens is 6. The molecule has 15 heteroatoms. The Hall–Kier alpha value is -4.08. The fourth-order valence-electron chi connectivity index (χ4n) is 4.37. The summed E-state index contributed by atoms with van der Waals surface area (Å²) in [6.07, 6.45) is -8.20. The Kier molecular flexibility index (Phi) is 11.2. The second-order valence-electron chi connectivity index (χ2n) is 10.6. The van der Waals surface area contributed by atoms with E-state index in [4.69, 9.17) is 26.8 Å². The summed E-state index contributed by atoms with van der Waals surface area (Å²) in [7, 11) is 3.65. The van der Waals surface area contributed by atoms with Crippen LogP contribution in [0.4, 0.5) is 26.3 Å². The smallest absolute Gasteiger partial charge is 0.416 e. The predicted octanol–water partition coefficient (Wildman–Crippen LogP) is 7.70. The Morgan fingerprint density at radius 2 is 1.55 bits per heavy atom. The van der Waals surface area contributed by atoms with E-state index in [0.717, 1.165) is 11.8 Å². The van der Waals surface area contributed by atoms with E-state index in [-0.39, 0.29) is 63.1 Å². The summed E-state index contributed by atoms with van der Waals surface area (Å²) in [6.45, 7) is 1.13. The number of aromatic carboxylic acids is 1. The molecule has 0 radical (unpaired) electrons. The molecule has 1 saturated heterocycles. The Balaban J connectivity index is 1.58. The maximum Gasteiger partial charge on any atom is 0.416 e. The van der Waals surface area contributed by atoms with Crippen molar-refractivity contribution in [2.24, 2.45) is 0 Å². The van der Waals surface area contributed by atoms with Gasteiger partial charge in [-0.3, -0.25) is 9.69 Å². The van der Waals surface area contributed by atoms with E-state index in [1.165, 1.54) is 53.4 Å². The number of carboxylic acids is 1. The van der Waals surface area contributed by atoms with Crippen LogP contribution in [0, 0.1) is 0 Å². The average Bonchev–Trinajstić information content (AvgIpc) is 3.26. The van der Waals surface area contributed by atoms with Gasteiger partial charge in [0, 0.05) is 18.7 Å². The quantitative estimate of drug-likeness (QED) is 0.0893. The second kappa shape index (κ2) is 14.8. The minimum atomic E-state index is -5.02. The summed E-state index contributed by atoms with van der Waals surface area (Å²) in [6, 6.07) is 11.4. The van der Waals surface area contributed by atoms with Crippen molar-refractivity contribution in [2.45, 2.75) is 18.8 Å². The molecule has 3 aromatic rings. The number of hydrogen-bond donors (Lipinski definition) is 1. The maximum absolute atomic E-state index is 13.5. The number of rotatable bonds is 12. The Morgan fingerprint density at radius 3 is 2.13 bits per heavy atom. The molecule has 3 aromatic carbocycles. The molecule has 7 nitrogen and oxygen atoms in total. The topological polar surface area (TPSA) is 79.3 Å². The molecule has 0 saturated carbocycles. The van der Waals surface area contributed by atoms with Crippen molar-refractivity contribution in [3.8, 4) is 22.6 Å². The zero-order valence-corrected chi connectivity index (χ0v) is 26.6. The molecule has 0 spiro atoms. The number of carbonyl (C=O) groups excluding carboxylic acids is 1. The maximum atomic E-state index is 13.5. The Morgan fingerprint density at radius 1 is 0.915 bits per heavy atom. The van der Waals surface area contributed by atoms with Crippen molar-refractivity contribution in [3.63, 3.8) is 0 Å². The summed E-state index contributed by atoms with van der Waals surface area (Å²) >= 11 is 6.40. The van der Waals surface area contributed by atoms with Gasteiger partial charge in [0.2, 0.25) is 0 Å². The number of likely N-dealkylation sites (N-methyl/N-ethyl adjacent to an activating group) is 1. The van der Waals surface area contributed by atoms with Crippen molar-refractivity contribution in [1.82, 2.24) is 9.80 Å². The van der Waals surface area contributed by atoms with E-state index in [2.05, 4.69) is 0 Å². The van der Waals surface area contributed by atoms with E-state index in [1.54, 1.807) is 0 Å². The summed E-state index contributed by atoms with van der Waals surface area (Å²) in [5, 5.41) is 9.01. The van der Waals surface area contributed by atoms with E-state index in [9.17, 15) is 35.9 Å². The largest absolute Gasteiger partial charge is 0.494 e. The van der Waals surface area contributed by atoms with E-state index in [0.29, 0.717) is 30.8 Å². The van der Waals surface area contributed by atoms with Gasteiger partial charge in [-0.05, 0) is 92.3 Å². The SMILES string of the molecule is CN(C)CCOc1ccc(-c2cc(C(F)(F)F)cc(C(F)(F)F)c2)cc1/C=C1\SC(=S)N(CCCOc2ccc(C(=O)O)cc2)C1=O. The number of ether oxygens (including phenoxy) is 2. The van der Waals surface area contributed by atoms with Crippen molar-refractivity contribution in [1.29, 1.82) is 0 Å². The van der Waals surface area contributed by atoms with Crippen LogP contribution in [0.2, 0.25) is 0 Å². The molecular weight excluding hydrogens is 670 g/mol. The van der Waals surface area contributed by atoms with Crippen LogP contribution in [0.15, 0.2) is 65.6 Å². The van der Waals surface area contributed by atoms with Gasteiger partial charge in [0.05, 0.1) is 28.2 Å². The zero-order valence-electron chi connectivity index (χ0n) is 24.9. The summed E-state index contributed by atoms with van der Waals surface area (Å²) in [4.78, 5) is 27.7. The fourth-order valence-corrected chi connectivity index (χ4v) is 5.67. The third-order valence-electron chi connectivity index (χ3n) is 6.78. The van der Waals surface area contributed by atoms with Gasteiger partial charge in [-0.2, -0.15) is 26.3 Å². The number of carbonyl (C=O) groups is 2.